The van der Waals surface area contributed by atoms with Crippen LogP contribution >= 0.6 is 11.3 Å². The molecule has 2 rings (SSSR count). The minimum atomic E-state index is 0.0882. The van der Waals surface area contributed by atoms with Crippen molar-refractivity contribution in [3.05, 3.63) is 52.0 Å². The van der Waals surface area contributed by atoms with Crippen molar-refractivity contribution in [1.29, 1.82) is 0 Å². The molecule has 20 heavy (non-hydrogen) atoms. The van der Waals surface area contributed by atoms with Crippen molar-refractivity contribution in [3.63, 3.8) is 0 Å². The predicted molar refractivity (Wildman–Crippen MR) is 86.0 cm³/mol. The van der Waals surface area contributed by atoms with Gasteiger partial charge in [-0.1, -0.05) is 37.3 Å². The van der Waals surface area contributed by atoms with Crippen molar-refractivity contribution in [2.24, 2.45) is 11.7 Å². The molecule has 0 saturated heterocycles. The molecule has 0 aliphatic carbocycles. The maximum atomic E-state index is 6.28. The Labute approximate surface area is 125 Å². The first-order chi connectivity index (χ1) is 9.66. The lowest BCUT2D eigenvalue weighted by molar-refractivity contribution is 0.436. The number of hydrogen-bond donors (Lipinski definition) is 2. The van der Waals surface area contributed by atoms with Crippen LogP contribution in [0.25, 0.3) is 0 Å². The van der Waals surface area contributed by atoms with Crippen LogP contribution < -0.4 is 11.1 Å². The first-order valence-corrected chi connectivity index (χ1v) is 7.97. The molecule has 0 saturated carbocycles. The summed E-state index contributed by atoms with van der Waals surface area (Å²) in [7, 11) is 0. The van der Waals surface area contributed by atoms with Gasteiger partial charge in [-0.05, 0) is 24.9 Å². The van der Waals surface area contributed by atoms with E-state index in [-0.39, 0.29) is 6.04 Å². The summed E-state index contributed by atoms with van der Waals surface area (Å²) in [5.41, 5.74) is 8.67. The number of benzene rings is 1. The molecule has 1 aromatic carbocycles. The van der Waals surface area contributed by atoms with Crippen LogP contribution in [0.1, 0.15) is 29.2 Å². The third kappa shape index (κ3) is 4.40. The van der Waals surface area contributed by atoms with E-state index in [0.29, 0.717) is 5.92 Å². The van der Waals surface area contributed by atoms with Gasteiger partial charge in [0.2, 0.25) is 0 Å². The number of thiazole rings is 1. The Morgan fingerprint density at radius 3 is 2.70 bits per heavy atom. The Morgan fingerprint density at radius 2 is 2.05 bits per heavy atom. The lowest BCUT2D eigenvalue weighted by atomic mass is 9.95. The van der Waals surface area contributed by atoms with Crippen LogP contribution in [-0.2, 0) is 6.42 Å². The lowest BCUT2D eigenvalue weighted by Gasteiger charge is -2.20. The average Bonchev–Trinajstić information content (AvgIpc) is 2.89. The van der Waals surface area contributed by atoms with E-state index in [0.717, 1.165) is 24.5 Å². The summed E-state index contributed by atoms with van der Waals surface area (Å²) < 4.78 is 0. The highest BCUT2D eigenvalue weighted by atomic mass is 32.1. The van der Waals surface area contributed by atoms with Crippen LogP contribution in [0.3, 0.4) is 0 Å². The molecule has 3 N–H and O–H groups in total. The second-order valence-electron chi connectivity index (χ2n) is 5.23. The van der Waals surface area contributed by atoms with Gasteiger partial charge in [0.15, 0.2) is 0 Å². The number of hydrogen-bond acceptors (Lipinski definition) is 4. The second kappa shape index (κ2) is 7.53. The topological polar surface area (TPSA) is 50.9 Å². The van der Waals surface area contributed by atoms with Gasteiger partial charge >= 0.3 is 0 Å². The zero-order valence-corrected chi connectivity index (χ0v) is 13.0. The third-order valence-electron chi connectivity index (χ3n) is 3.49. The van der Waals surface area contributed by atoms with Crippen molar-refractivity contribution >= 4 is 11.3 Å². The van der Waals surface area contributed by atoms with Gasteiger partial charge in [-0.15, -0.1) is 11.3 Å². The largest absolute Gasteiger partial charge is 0.324 e. The van der Waals surface area contributed by atoms with Gasteiger partial charge in [0, 0.05) is 24.4 Å². The first kappa shape index (κ1) is 15.2. The number of aryl methyl sites for hydroxylation is 1. The first-order valence-electron chi connectivity index (χ1n) is 7.09. The summed E-state index contributed by atoms with van der Waals surface area (Å²) >= 11 is 1.71. The molecule has 2 aromatic rings. The Morgan fingerprint density at radius 1 is 1.30 bits per heavy atom. The Kier molecular flexibility index (Phi) is 5.71. The average molecular weight is 289 g/mol. The Balaban J connectivity index is 1.71. The summed E-state index contributed by atoms with van der Waals surface area (Å²) in [6, 6.07) is 10.4. The van der Waals surface area contributed by atoms with E-state index in [2.05, 4.69) is 34.7 Å². The van der Waals surface area contributed by atoms with Crippen LogP contribution in [0.5, 0.6) is 0 Å². The van der Waals surface area contributed by atoms with Crippen molar-refractivity contribution in [1.82, 2.24) is 10.3 Å². The highest BCUT2D eigenvalue weighted by Crippen LogP contribution is 2.18. The highest BCUT2D eigenvalue weighted by molar-refractivity contribution is 7.09. The highest BCUT2D eigenvalue weighted by Gasteiger charge is 2.13. The number of rotatable bonds is 7. The van der Waals surface area contributed by atoms with Crippen LogP contribution in [0.2, 0.25) is 0 Å². The maximum Gasteiger partial charge on any atom is 0.0897 e. The van der Waals surface area contributed by atoms with Gasteiger partial charge in [-0.3, -0.25) is 0 Å². The second-order valence-corrected chi connectivity index (χ2v) is 6.29. The van der Waals surface area contributed by atoms with Gasteiger partial charge in [0.1, 0.15) is 0 Å². The van der Waals surface area contributed by atoms with Crippen molar-refractivity contribution < 1.29 is 0 Å². The normalized spacial score (nSPS) is 14.2. The SMILES string of the molecule is Cc1nc(CCNCC(C)C(N)c2ccccc2)cs1. The van der Waals surface area contributed by atoms with Crippen LogP contribution in [-0.4, -0.2) is 18.1 Å². The molecule has 0 bridgehead atoms. The summed E-state index contributed by atoms with van der Waals surface area (Å²) in [5, 5.41) is 6.75. The predicted octanol–water partition coefficient (Wildman–Crippen LogP) is 2.92. The zero-order valence-electron chi connectivity index (χ0n) is 12.2. The number of nitrogens with two attached hydrogens (primary N) is 1. The van der Waals surface area contributed by atoms with E-state index in [4.69, 9.17) is 5.73 Å². The lowest BCUT2D eigenvalue weighted by Crippen LogP contribution is -2.30. The summed E-state index contributed by atoms with van der Waals surface area (Å²) in [4.78, 5) is 4.46. The van der Waals surface area contributed by atoms with E-state index in [1.54, 1.807) is 11.3 Å². The van der Waals surface area contributed by atoms with Crippen LogP contribution in [0.15, 0.2) is 35.7 Å². The van der Waals surface area contributed by atoms with Gasteiger partial charge in [0.25, 0.3) is 0 Å². The third-order valence-corrected chi connectivity index (χ3v) is 4.31. The zero-order chi connectivity index (χ0) is 14.4. The van der Waals surface area contributed by atoms with Crippen molar-refractivity contribution in [3.8, 4) is 0 Å². The number of nitrogens with one attached hydrogen (secondary N) is 1. The maximum absolute atomic E-state index is 6.28. The van der Waals surface area contributed by atoms with Crippen molar-refractivity contribution in [2.45, 2.75) is 26.3 Å². The molecule has 0 amide bonds. The monoisotopic (exact) mass is 289 g/mol. The number of aromatic nitrogens is 1. The summed E-state index contributed by atoms with van der Waals surface area (Å²) in [5.74, 6) is 0.412. The van der Waals surface area contributed by atoms with Crippen LogP contribution in [0.4, 0.5) is 0 Å². The molecule has 2 atom stereocenters. The van der Waals surface area contributed by atoms with Gasteiger partial charge < -0.3 is 11.1 Å². The Hall–Kier alpha value is -1.23. The van der Waals surface area contributed by atoms with Crippen LogP contribution in [0, 0.1) is 12.8 Å². The minimum absolute atomic E-state index is 0.0882. The molecule has 108 valence electrons. The molecule has 2 unspecified atom stereocenters. The van der Waals surface area contributed by atoms with E-state index >= 15 is 0 Å². The molecule has 0 spiro atoms. The van der Waals surface area contributed by atoms with E-state index < -0.39 is 0 Å². The molecule has 3 nitrogen and oxygen atoms in total. The quantitative estimate of drug-likeness (QED) is 0.771. The van der Waals surface area contributed by atoms with E-state index in [1.165, 1.54) is 11.3 Å². The number of nitrogens with zero attached hydrogens (tertiary/aromatic N) is 1. The summed E-state index contributed by atoms with van der Waals surface area (Å²) in [6.07, 6.45) is 0.984. The molecular weight excluding hydrogens is 266 g/mol. The van der Waals surface area contributed by atoms with Crippen molar-refractivity contribution in [2.75, 3.05) is 13.1 Å². The van der Waals surface area contributed by atoms with Gasteiger partial charge in [-0.2, -0.15) is 0 Å². The van der Waals surface area contributed by atoms with Gasteiger partial charge in [-0.25, -0.2) is 4.98 Å². The molecule has 0 aliphatic heterocycles. The smallest absolute Gasteiger partial charge is 0.0897 e. The minimum Gasteiger partial charge on any atom is -0.324 e. The van der Waals surface area contributed by atoms with E-state index in [1.807, 2.05) is 25.1 Å². The fraction of sp³-hybridized carbons (Fsp3) is 0.438. The molecule has 0 fully saturated rings. The van der Waals surface area contributed by atoms with Gasteiger partial charge in [0.05, 0.1) is 10.7 Å². The molecule has 4 heteroatoms. The molecule has 0 radical (unpaired) electrons. The fourth-order valence-electron chi connectivity index (χ4n) is 2.20. The molecule has 1 aromatic heterocycles. The molecule has 1 heterocycles. The molecule has 0 aliphatic rings. The fourth-order valence-corrected chi connectivity index (χ4v) is 2.85. The standard InChI is InChI=1S/C16H23N3S/c1-12(16(17)14-6-4-3-5-7-14)10-18-9-8-15-11-20-13(2)19-15/h3-7,11-12,16,18H,8-10,17H2,1-2H3. The summed E-state index contributed by atoms with van der Waals surface area (Å²) in [6.45, 7) is 6.12. The molecular formula is C16H23N3S. The van der Waals surface area contributed by atoms with E-state index in [9.17, 15) is 0 Å². The Bertz CT molecular complexity index is 509.